The molecule has 0 radical (unpaired) electrons. The highest BCUT2D eigenvalue weighted by molar-refractivity contribution is 8.13. The minimum Gasteiger partial charge on any atom is -0.398 e. The lowest BCUT2D eigenvalue weighted by Gasteiger charge is -1.99. The molecule has 0 aliphatic heterocycles. The van der Waals surface area contributed by atoms with Crippen LogP contribution in [-0.2, 0) is 4.79 Å². The fourth-order valence-corrected chi connectivity index (χ4v) is 2.94. The number of hydrogen-bond acceptors (Lipinski definition) is 3. The number of hydrogen-bond donors (Lipinski definition) is 1. The number of thioether (sulfide) groups is 1. The predicted octanol–water partition coefficient (Wildman–Crippen LogP) is 4.71. The molecule has 3 aromatic rings. The van der Waals surface area contributed by atoms with E-state index in [1.54, 1.807) is 6.92 Å². The van der Waals surface area contributed by atoms with Gasteiger partial charge in [0.05, 0.1) is 0 Å². The Bertz CT molecular complexity index is 1080. The molecular formula is C24H17NOS. The summed E-state index contributed by atoms with van der Waals surface area (Å²) in [5.74, 6) is 12.4. The average molecular weight is 367 g/mol. The van der Waals surface area contributed by atoms with Crippen LogP contribution in [0.15, 0.2) is 77.7 Å². The Kier molecular flexibility index (Phi) is 6.00. The van der Waals surface area contributed by atoms with E-state index in [2.05, 4.69) is 23.7 Å². The van der Waals surface area contributed by atoms with Crippen LogP contribution >= 0.6 is 11.8 Å². The molecule has 2 nitrogen and oxygen atoms in total. The second kappa shape index (κ2) is 8.81. The Hall–Kier alpha value is -3.40. The van der Waals surface area contributed by atoms with E-state index in [4.69, 9.17) is 5.73 Å². The Morgan fingerprint density at radius 1 is 0.778 bits per heavy atom. The molecule has 3 aromatic carbocycles. The number of anilines is 1. The molecule has 0 amide bonds. The van der Waals surface area contributed by atoms with Crippen molar-refractivity contribution in [2.45, 2.75) is 11.8 Å². The Balaban J connectivity index is 1.75. The van der Waals surface area contributed by atoms with E-state index < -0.39 is 0 Å². The maximum absolute atomic E-state index is 11.1. The third kappa shape index (κ3) is 5.54. The summed E-state index contributed by atoms with van der Waals surface area (Å²) in [6, 6.07) is 23.0. The molecule has 0 aliphatic rings. The second-order valence-corrected chi connectivity index (χ2v) is 7.04. The van der Waals surface area contributed by atoms with Crippen LogP contribution in [0.2, 0.25) is 0 Å². The van der Waals surface area contributed by atoms with Crippen molar-refractivity contribution >= 4 is 22.6 Å². The molecule has 0 spiro atoms. The minimum atomic E-state index is 0.0667. The van der Waals surface area contributed by atoms with Crippen LogP contribution in [0.4, 0.5) is 5.69 Å². The van der Waals surface area contributed by atoms with Gasteiger partial charge in [-0.25, -0.2) is 0 Å². The summed E-state index contributed by atoms with van der Waals surface area (Å²) in [5.41, 5.74) is 10.2. The molecule has 0 heterocycles. The minimum absolute atomic E-state index is 0.0667. The molecule has 2 N–H and O–H groups in total. The summed E-state index contributed by atoms with van der Waals surface area (Å²) < 4.78 is 0. The van der Waals surface area contributed by atoms with E-state index in [0.717, 1.165) is 27.1 Å². The Labute approximate surface area is 163 Å². The molecule has 3 heteroatoms. The Morgan fingerprint density at radius 2 is 1.37 bits per heavy atom. The van der Waals surface area contributed by atoms with Gasteiger partial charge >= 0.3 is 0 Å². The van der Waals surface area contributed by atoms with Gasteiger partial charge in [0.15, 0.2) is 5.12 Å². The van der Waals surface area contributed by atoms with Gasteiger partial charge in [0.25, 0.3) is 0 Å². The van der Waals surface area contributed by atoms with Crippen LogP contribution in [0.25, 0.3) is 0 Å². The van der Waals surface area contributed by atoms with Gasteiger partial charge in [0.1, 0.15) is 0 Å². The normalized spacial score (nSPS) is 9.52. The summed E-state index contributed by atoms with van der Waals surface area (Å²) in [4.78, 5) is 12.0. The number of rotatable bonds is 1. The van der Waals surface area contributed by atoms with Gasteiger partial charge in [0, 0.05) is 39.8 Å². The van der Waals surface area contributed by atoms with Crippen molar-refractivity contribution in [3.8, 4) is 23.7 Å². The highest BCUT2D eigenvalue weighted by Gasteiger charge is 1.99. The third-order valence-electron chi connectivity index (χ3n) is 3.63. The molecule has 0 atom stereocenters. The lowest BCUT2D eigenvalue weighted by atomic mass is 10.1. The maximum atomic E-state index is 11.1. The average Bonchev–Trinajstić information content (AvgIpc) is 2.67. The van der Waals surface area contributed by atoms with Gasteiger partial charge in [-0.05, 0) is 54.6 Å². The van der Waals surface area contributed by atoms with E-state index in [-0.39, 0.29) is 5.12 Å². The van der Waals surface area contributed by atoms with E-state index >= 15 is 0 Å². The van der Waals surface area contributed by atoms with E-state index in [0.29, 0.717) is 5.69 Å². The fourth-order valence-electron chi connectivity index (χ4n) is 2.33. The van der Waals surface area contributed by atoms with Crippen molar-refractivity contribution < 1.29 is 4.79 Å². The highest BCUT2D eigenvalue weighted by Crippen LogP contribution is 2.19. The molecule has 0 unspecified atom stereocenters. The lowest BCUT2D eigenvalue weighted by molar-refractivity contribution is -0.109. The molecule has 3 rings (SSSR count). The summed E-state index contributed by atoms with van der Waals surface area (Å²) in [6.45, 7) is 1.55. The van der Waals surface area contributed by atoms with Gasteiger partial charge < -0.3 is 5.73 Å². The molecular weight excluding hydrogens is 350 g/mol. The third-order valence-corrected chi connectivity index (χ3v) is 4.43. The van der Waals surface area contributed by atoms with E-state index in [9.17, 15) is 4.79 Å². The Morgan fingerprint density at radius 3 is 2.04 bits per heavy atom. The van der Waals surface area contributed by atoms with Gasteiger partial charge in [-0.1, -0.05) is 53.6 Å². The zero-order valence-corrected chi connectivity index (χ0v) is 15.6. The number of nitrogens with two attached hydrogens (primary N) is 1. The smallest absolute Gasteiger partial charge is 0.190 e. The second-order valence-electron chi connectivity index (χ2n) is 5.79. The monoisotopic (exact) mass is 367 g/mol. The van der Waals surface area contributed by atoms with Crippen molar-refractivity contribution in [3.05, 3.63) is 95.1 Å². The SMILES string of the molecule is CC(=O)Sc1ccc(C#Cc2ccc(C#Cc3ccccc3)cc2N)cc1. The summed E-state index contributed by atoms with van der Waals surface area (Å²) in [5, 5.41) is 0.0667. The topological polar surface area (TPSA) is 43.1 Å². The standard InChI is InChI=1S/C24H17NOS/c1-18(26)27-23-15-11-20(12-16-23)9-13-22-14-10-21(17-24(22)25)8-7-19-5-3-2-4-6-19/h2-6,10-12,14-17H,25H2,1H3. The van der Waals surface area contributed by atoms with Crippen LogP contribution in [0.3, 0.4) is 0 Å². The first-order valence-corrected chi connectivity index (χ1v) is 9.19. The first kappa shape index (κ1) is 18.4. The highest BCUT2D eigenvalue weighted by atomic mass is 32.2. The van der Waals surface area contributed by atoms with Crippen molar-refractivity contribution in [1.29, 1.82) is 0 Å². The van der Waals surface area contributed by atoms with Crippen LogP contribution in [0.1, 0.15) is 29.2 Å². The van der Waals surface area contributed by atoms with Gasteiger partial charge in [-0.15, -0.1) is 0 Å². The molecule has 0 aromatic heterocycles. The van der Waals surface area contributed by atoms with Crippen LogP contribution in [0, 0.1) is 23.7 Å². The number of carbonyl (C=O) groups is 1. The molecule has 0 saturated carbocycles. The molecule has 130 valence electrons. The first-order chi connectivity index (χ1) is 13.1. The van der Waals surface area contributed by atoms with Crippen molar-refractivity contribution in [3.63, 3.8) is 0 Å². The largest absolute Gasteiger partial charge is 0.398 e. The van der Waals surface area contributed by atoms with E-state index in [1.807, 2.05) is 72.8 Å². The zero-order chi connectivity index (χ0) is 19.1. The molecule has 0 fully saturated rings. The van der Waals surface area contributed by atoms with Crippen LogP contribution in [-0.4, -0.2) is 5.12 Å². The fraction of sp³-hybridized carbons (Fsp3) is 0.0417. The zero-order valence-electron chi connectivity index (χ0n) is 14.8. The lowest BCUT2D eigenvalue weighted by Crippen LogP contribution is -1.91. The number of carbonyl (C=O) groups excluding carboxylic acids is 1. The van der Waals surface area contributed by atoms with Crippen LogP contribution in [0.5, 0.6) is 0 Å². The summed E-state index contributed by atoms with van der Waals surface area (Å²) in [6.07, 6.45) is 0. The van der Waals surface area contributed by atoms with Crippen molar-refractivity contribution in [1.82, 2.24) is 0 Å². The van der Waals surface area contributed by atoms with Crippen LogP contribution < -0.4 is 5.73 Å². The van der Waals surface area contributed by atoms with Crippen molar-refractivity contribution in [2.24, 2.45) is 0 Å². The quantitative estimate of drug-likeness (QED) is 0.385. The van der Waals surface area contributed by atoms with Crippen molar-refractivity contribution in [2.75, 3.05) is 5.73 Å². The summed E-state index contributed by atoms with van der Waals surface area (Å²) in [7, 11) is 0. The number of benzene rings is 3. The maximum Gasteiger partial charge on any atom is 0.190 e. The molecule has 0 bridgehead atoms. The molecule has 27 heavy (non-hydrogen) atoms. The number of nitrogen functional groups attached to an aromatic ring is 1. The van der Waals surface area contributed by atoms with Gasteiger partial charge in [-0.2, -0.15) is 0 Å². The molecule has 0 saturated heterocycles. The predicted molar refractivity (Wildman–Crippen MR) is 112 cm³/mol. The van der Waals surface area contributed by atoms with Gasteiger partial charge in [-0.3, -0.25) is 4.79 Å². The first-order valence-electron chi connectivity index (χ1n) is 8.37. The molecule has 0 aliphatic carbocycles. The summed E-state index contributed by atoms with van der Waals surface area (Å²) >= 11 is 1.21. The van der Waals surface area contributed by atoms with E-state index in [1.165, 1.54) is 11.8 Å². The van der Waals surface area contributed by atoms with Gasteiger partial charge in [0.2, 0.25) is 0 Å².